The minimum atomic E-state index is 0.657. The highest BCUT2D eigenvalue weighted by Gasteiger charge is 2.06. The van der Waals surface area contributed by atoms with Crippen molar-refractivity contribution in [3.8, 4) is 0 Å². The molecule has 2 rings (SSSR count). The van der Waals surface area contributed by atoms with Crippen LogP contribution in [0.1, 0.15) is 36.5 Å². The summed E-state index contributed by atoms with van der Waals surface area (Å²) in [7, 11) is 0. The Morgan fingerprint density at radius 1 is 1.14 bits per heavy atom. The van der Waals surface area contributed by atoms with E-state index in [9.17, 15) is 0 Å². The van der Waals surface area contributed by atoms with Gasteiger partial charge in [0.05, 0.1) is 6.54 Å². The minimum absolute atomic E-state index is 0.657. The second kappa shape index (κ2) is 9.58. The van der Waals surface area contributed by atoms with Crippen LogP contribution < -0.4 is 5.32 Å². The molecule has 0 unspecified atom stereocenters. The Kier molecular flexibility index (Phi) is 7.32. The first-order chi connectivity index (χ1) is 10.4. The molecule has 0 aliphatic heterocycles. The first-order valence-electron chi connectivity index (χ1n) is 7.43. The number of unbranched alkanes of at least 4 members (excludes halogenated alkanes) is 2. The van der Waals surface area contributed by atoms with Gasteiger partial charge in [-0.2, -0.15) is 16.7 Å². The number of benzene rings is 1. The second-order valence-electron chi connectivity index (χ2n) is 5.00. The van der Waals surface area contributed by atoms with E-state index in [1.165, 1.54) is 30.6 Å². The Hall–Kier alpha value is -1.33. The number of aromatic nitrogens is 2. The largest absolute Gasteiger partial charge is 0.338 e. The maximum Gasteiger partial charge on any atom is 0.240 e. The van der Waals surface area contributed by atoms with Gasteiger partial charge >= 0.3 is 0 Å². The van der Waals surface area contributed by atoms with Gasteiger partial charge in [-0.05, 0) is 37.0 Å². The molecular weight excluding hydrogens is 282 g/mol. The molecule has 0 saturated carbocycles. The minimum Gasteiger partial charge on any atom is -0.338 e. The van der Waals surface area contributed by atoms with Gasteiger partial charge in [-0.25, -0.2) is 0 Å². The van der Waals surface area contributed by atoms with Gasteiger partial charge < -0.3 is 9.84 Å². The molecule has 0 saturated heterocycles. The SMILES string of the molecule is CSCCCCCNCc1nc(Cc2ccccc2)no1. The summed E-state index contributed by atoms with van der Waals surface area (Å²) in [6, 6.07) is 10.2. The highest BCUT2D eigenvalue weighted by atomic mass is 32.2. The quantitative estimate of drug-likeness (QED) is 0.683. The molecule has 21 heavy (non-hydrogen) atoms. The molecular formula is C16H23N3OS. The molecule has 0 amide bonds. The molecule has 4 nitrogen and oxygen atoms in total. The summed E-state index contributed by atoms with van der Waals surface area (Å²) in [6.07, 6.45) is 6.65. The maximum absolute atomic E-state index is 5.26. The second-order valence-corrected chi connectivity index (χ2v) is 5.98. The number of thioether (sulfide) groups is 1. The fourth-order valence-electron chi connectivity index (χ4n) is 2.08. The van der Waals surface area contributed by atoms with Gasteiger partial charge in [0.1, 0.15) is 0 Å². The van der Waals surface area contributed by atoms with Gasteiger partial charge in [0.25, 0.3) is 0 Å². The highest BCUT2D eigenvalue weighted by molar-refractivity contribution is 7.98. The molecule has 0 aliphatic rings. The summed E-state index contributed by atoms with van der Waals surface area (Å²) in [5.74, 6) is 2.68. The van der Waals surface area contributed by atoms with Crippen LogP contribution in [0.5, 0.6) is 0 Å². The van der Waals surface area contributed by atoms with Gasteiger partial charge in [0.15, 0.2) is 5.82 Å². The van der Waals surface area contributed by atoms with Crippen LogP contribution in [0.15, 0.2) is 34.9 Å². The summed E-state index contributed by atoms with van der Waals surface area (Å²) in [6.45, 7) is 1.66. The molecule has 5 heteroatoms. The number of nitrogens with one attached hydrogen (secondary N) is 1. The van der Waals surface area contributed by atoms with Crippen molar-refractivity contribution in [2.45, 2.75) is 32.2 Å². The highest BCUT2D eigenvalue weighted by Crippen LogP contribution is 2.06. The third-order valence-corrected chi connectivity index (χ3v) is 3.89. The Morgan fingerprint density at radius 2 is 2.00 bits per heavy atom. The lowest BCUT2D eigenvalue weighted by atomic mass is 10.1. The van der Waals surface area contributed by atoms with Gasteiger partial charge in [-0.3, -0.25) is 0 Å². The van der Waals surface area contributed by atoms with Crippen molar-refractivity contribution in [3.63, 3.8) is 0 Å². The lowest BCUT2D eigenvalue weighted by Crippen LogP contribution is -2.15. The Balaban J connectivity index is 1.64. The van der Waals surface area contributed by atoms with Crippen molar-refractivity contribution in [3.05, 3.63) is 47.6 Å². The van der Waals surface area contributed by atoms with Crippen LogP contribution in [-0.4, -0.2) is 28.7 Å². The standard InChI is InChI=1S/C16H23N3OS/c1-21-11-7-3-6-10-17-13-16-18-15(19-20-16)12-14-8-4-2-5-9-14/h2,4-5,8-9,17H,3,6-7,10-13H2,1H3. The van der Waals surface area contributed by atoms with E-state index in [4.69, 9.17) is 4.52 Å². The van der Waals surface area contributed by atoms with Gasteiger partial charge in [-0.1, -0.05) is 41.9 Å². The van der Waals surface area contributed by atoms with E-state index in [0.29, 0.717) is 12.4 Å². The lowest BCUT2D eigenvalue weighted by Gasteiger charge is -2.01. The van der Waals surface area contributed by atoms with Crippen LogP contribution in [0.25, 0.3) is 0 Å². The van der Waals surface area contributed by atoms with Crippen LogP contribution in [0, 0.1) is 0 Å². The van der Waals surface area contributed by atoms with Gasteiger partial charge in [0, 0.05) is 6.42 Å². The van der Waals surface area contributed by atoms with E-state index >= 15 is 0 Å². The molecule has 0 radical (unpaired) electrons. The van der Waals surface area contributed by atoms with Crippen LogP contribution in [0.4, 0.5) is 0 Å². The van der Waals surface area contributed by atoms with E-state index in [1.807, 2.05) is 30.0 Å². The number of hydrogen-bond donors (Lipinski definition) is 1. The average Bonchev–Trinajstić information content (AvgIpc) is 2.95. The van der Waals surface area contributed by atoms with Crippen molar-refractivity contribution in [2.75, 3.05) is 18.6 Å². The van der Waals surface area contributed by atoms with Gasteiger partial charge in [0.2, 0.25) is 5.89 Å². The molecule has 1 aromatic heterocycles. The molecule has 0 bridgehead atoms. The van der Waals surface area contributed by atoms with E-state index in [1.54, 1.807) is 0 Å². The monoisotopic (exact) mass is 305 g/mol. The van der Waals surface area contributed by atoms with E-state index in [0.717, 1.165) is 18.8 Å². The normalized spacial score (nSPS) is 10.9. The lowest BCUT2D eigenvalue weighted by molar-refractivity contribution is 0.363. The summed E-state index contributed by atoms with van der Waals surface area (Å²) in [5, 5.41) is 7.37. The first-order valence-corrected chi connectivity index (χ1v) is 8.83. The molecule has 1 N–H and O–H groups in total. The van der Waals surface area contributed by atoms with Crippen molar-refractivity contribution >= 4 is 11.8 Å². The molecule has 0 fully saturated rings. The van der Waals surface area contributed by atoms with Crippen molar-refractivity contribution in [1.82, 2.24) is 15.5 Å². The Bertz CT molecular complexity index is 501. The average molecular weight is 305 g/mol. The molecule has 1 heterocycles. The summed E-state index contributed by atoms with van der Waals surface area (Å²) in [5.41, 5.74) is 1.20. The Morgan fingerprint density at radius 3 is 2.81 bits per heavy atom. The van der Waals surface area contributed by atoms with Crippen LogP contribution >= 0.6 is 11.8 Å². The number of hydrogen-bond acceptors (Lipinski definition) is 5. The van der Waals surface area contributed by atoms with Crippen LogP contribution in [-0.2, 0) is 13.0 Å². The van der Waals surface area contributed by atoms with Crippen LogP contribution in [0.3, 0.4) is 0 Å². The molecule has 114 valence electrons. The summed E-state index contributed by atoms with van der Waals surface area (Å²) in [4.78, 5) is 4.41. The van der Waals surface area contributed by atoms with E-state index < -0.39 is 0 Å². The van der Waals surface area contributed by atoms with Crippen molar-refractivity contribution in [2.24, 2.45) is 0 Å². The zero-order valence-electron chi connectivity index (χ0n) is 12.5. The van der Waals surface area contributed by atoms with E-state index in [-0.39, 0.29) is 0 Å². The molecule has 0 atom stereocenters. The predicted octanol–water partition coefficient (Wildman–Crippen LogP) is 3.28. The molecule has 0 aliphatic carbocycles. The maximum atomic E-state index is 5.26. The summed E-state index contributed by atoms with van der Waals surface area (Å²) < 4.78 is 5.26. The number of rotatable bonds is 10. The fourth-order valence-corrected chi connectivity index (χ4v) is 2.57. The zero-order chi connectivity index (χ0) is 14.8. The molecule has 1 aromatic carbocycles. The predicted molar refractivity (Wildman–Crippen MR) is 87.5 cm³/mol. The zero-order valence-corrected chi connectivity index (χ0v) is 13.4. The number of nitrogens with zero attached hydrogens (tertiary/aromatic N) is 2. The third-order valence-electron chi connectivity index (χ3n) is 3.19. The summed E-state index contributed by atoms with van der Waals surface area (Å²) >= 11 is 1.91. The van der Waals surface area contributed by atoms with Crippen molar-refractivity contribution < 1.29 is 4.52 Å². The van der Waals surface area contributed by atoms with Crippen molar-refractivity contribution in [1.29, 1.82) is 0 Å². The fraction of sp³-hybridized carbons (Fsp3) is 0.500. The molecule has 0 spiro atoms. The van der Waals surface area contributed by atoms with Gasteiger partial charge in [-0.15, -0.1) is 0 Å². The Labute approximate surface area is 130 Å². The third kappa shape index (κ3) is 6.31. The van der Waals surface area contributed by atoms with Crippen LogP contribution in [0.2, 0.25) is 0 Å². The smallest absolute Gasteiger partial charge is 0.240 e. The first kappa shape index (κ1) is 16.0. The van der Waals surface area contributed by atoms with E-state index in [2.05, 4.69) is 33.8 Å². The topological polar surface area (TPSA) is 51.0 Å². The molecule has 2 aromatic rings.